The van der Waals surface area contributed by atoms with Crippen molar-refractivity contribution < 1.29 is 14.4 Å². The number of likely N-dealkylation sites (tertiary alicyclic amines) is 1. The predicted molar refractivity (Wildman–Crippen MR) is 117 cm³/mol. The van der Waals surface area contributed by atoms with Crippen LogP contribution in [0.5, 0.6) is 0 Å². The molecule has 29 heavy (non-hydrogen) atoms. The maximum atomic E-state index is 12.5. The van der Waals surface area contributed by atoms with E-state index >= 15 is 0 Å². The Balaban J connectivity index is 1.48. The largest absolute Gasteiger partial charge is 0.353 e. The van der Waals surface area contributed by atoms with Gasteiger partial charge in [-0.15, -0.1) is 0 Å². The number of imide groups is 1. The molecule has 0 aliphatic carbocycles. The lowest BCUT2D eigenvalue weighted by Crippen LogP contribution is -2.42. The molecule has 0 atom stereocenters. The van der Waals surface area contributed by atoms with E-state index in [-0.39, 0.29) is 30.1 Å². The maximum absolute atomic E-state index is 12.5. The van der Waals surface area contributed by atoms with Gasteiger partial charge in [-0.2, -0.15) is 0 Å². The van der Waals surface area contributed by atoms with E-state index in [1.165, 1.54) is 24.2 Å². The molecular formula is C21H26ClN3O3S. The number of halogens is 1. The van der Waals surface area contributed by atoms with E-state index in [1.54, 1.807) is 24.3 Å². The Morgan fingerprint density at radius 1 is 1.10 bits per heavy atom. The van der Waals surface area contributed by atoms with Crippen molar-refractivity contribution in [3.63, 3.8) is 0 Å². The summed E-state index contributed by atoms with van der Waals surface area (Å²) < 4.78 is 0. The van der Waals surface area contributed by atoms with Crippen LogP contribution in [0.15, 0.2) is 29.2 Å². The molecule has 8 heteroatoms. The molecule has 0 radical (unpaired) electrons. The molecule has 2 fully saturated rings. The highest BCUT2D eigenvalue weighted by molar-refractivity contribution is 8.18. The zero-order chi connectivity index (χ0) is 20.6. The van der Waals surface area contributed by atoms with Crippen LogP contribution in [-0.2, 0) is 9.59 Å². The van der Waals surface area contributed by atoms with Gasteiger partial charge in [0, 0.05) is 18.1 Å². The monoisotopic (exact) mass is 435 g/mol. The van der Waals surface area contributed by atoms with Crippen molar-refractivity contribution in [3.8, 4) is 0 Å². The number of amides is 3. The summed E-state index contributed by atoms with van der Waals surface area (Å²) in [6.07, 6.45) is 7.61. The van der Waals surface area contributed by atoms with Crippen LogP contribution in [0.1, 0.15) is 37.7 Å². The fraction of sp³-hybridized carbons (Fsp3) is 0.476. The second-order valence-corrected chi connectivity index (χ2v) is 8.65. The number of nitrogens with zero attached hydrogens (tertiary/aromatic N) is 2. The van der Waals surface area contributed by atoms with Gasteiger partial charge < -0.3 is 5.32 Å². The molecule has 0 aromatic heterocycles. The minimum atomic E-state index is -0.349. The molecular weight excluding hydrogens is 410 g/mol. The number of hydrogen-bond donors (Lipinski definition) is 1. The molecule has 3 amide bonds. The molecule has 1 N–H and O–H groups in total. The van der Waals surface area contributed by atoms with Gasteiger partial charge in [-0.05, 0) is 55.4 Å². The molecule has 2 heterocycles. The van der Waals surface area contributed by atoms with E-state index in [0.29, 0.717) is 22.0 Å². The van der Waals surface area contributed by atoms with Crippen molar-refractivity contribution in [2.24, 2.45) is 0 Å². The minimum absolute atomic E-state index is 0.0656. The van der Waals surface area contributed by atoms with Gasteiger partial charge in [0.15, 0.2) is 0 Å². The Hall–Kier alpha value is -1.83. The van der Waals surface area contributed by atoms with Gasteiger partial charge in [0.1, 0.15) is 0 Å². The first-order chi connectivity index (χ1) is 14.0. The third-order valence-corrected chi connectivity index (χ3v) is 6.29. The van der Waals surface area contributed by atoms with Crippen LogP contribution in [-0.4, -0.2) is 59.6 Å². The third kappa shape index (κ3) is 6.32. The second kappa shape index (κ2) is 10.8. The summed E-state index contributed by atoms with van der Waals surface area (Å²) in [4.78, 5) is 40.7. The number of carbonyl (C=O) groups is 3. The fourth-order valence-electron chi connectivity index (χ4n) is 3.46. The highest BCUT2D eigenvalue weighted by Crippen LogP contribution is 2.33. The maximum Gasteiger partial charge on any atom is 0.293 e. The van der Waals surface area contributed by atoms with Crippen LogP contribution in [0, 0.1) is 0 Å². The molecule has 1 aromatic rings. The van der Waals surface area contributed by atoms with Crippen molar-refractivity contribution in [2.45, 2.75) is 32.1 Å². The first kappa shape index (κ1) is 21.9. The minimum Gasteiger partial charge on any atom is -0.353 e. The van der Waals surface area contributed by atoms with Crippen molar-refractivity contribution in [2.75, 3.05) is 32.7 Å². The van der Waals surface area contributed by atoms with Gasteiger partial charge >= 0.3 is 0 Å². The molecule has 2 saturated heterocycles. The Morgan fingerprint density at radius 2 is 1.79 bits per heavy atom. The summed E-state index contributed by atoms with van der Waals surface area (Å²) in [6.45, 7) is 2.68. The Morgan fingerprint density at radius 3 is 2.52 bits per heavy atom. The van der Waals surface area contributed by atoms with Crippen molar-refractivity contribution in [3.05, 3.63) is 39.8 Å². The first-order valence-electron chi connectivity index (χ1n) is 10.0. The number of carbonyl (C=O) groups excluding carboxylic acids is 3. The number of benzene rings is 1. The van der Waals surface area contributed by atoms with Gasteiger partial charge in [0.25, 0.3) is 11.1 Å². The number of thioether (sulfide) groups is 1. The van der Waals surface area contributed by atoms with E-state index in [2.05, 4.69) is 10.2 Å². The molecule has 1 aromatic carbocycles. The third-order valence-electron chi connectivity index (χ3n) is 5.04. The van der Waals surface area contributed by atoms with E-state index in [9.17, 15) is 14.4 Å². The van der Waals surface area contributed by atoms with E-state index in [4.69, 9.17) is 11.6 Å². The van der Waals surface area contributed by atoms with Gasteiger partial charge in [-0.25, -0.2) is 0 Å². The van der Waals surface area contributed by atoms with E-state index < -0.39 is 0 Å². The van der Waals surface area contributed by atoms with Crippen LogP contribution in [0.25, 0.3) is 6.08 Å². The van der Waals surface area contributed by atoms with E-state index in [1.807, 2.05) is 6.07 Å². The molecule has 6 nitrogen and oxygen atoms in total. The average Bonchev–Trinajstić information content (AvgIpc) is 2.93. The van der Waals surface area contributed by atoms with Gasteiger partial charge in [0.2, 0.25) is 5.91 Å². The van der Waals surface area contributed by atoms with Crippen LogP contribution in [0.4, 0.5) is 4.79 Å². The summed E-state index contributed by atoms with van der Waals surface area (Å²) in [5.74, 6) is -0.415. The zero-order valence-corrected chi connectivity index (χ0v) is 17.9. The topological polar surface area (TPSA) is 69.7 Å². The highest BCUT2D eigenvalue weighted by Gasteiger charge is 2.34. The van der Waals surface area contributed by atoms with Gasteiger partial charge in [-0.1, -0.05) is 49.1 Å². The first-order valence-corrected chi connectivity index (χ1v) is 11.2. The quantitative estimate of drug-likeness (QED) is 0.689. The van der Waals surface area contributed by atoms with Gasteiger partial charge in [0.05, 0.1) is 11.4 Å². The molecule has 156 valence electrons. The number of rotatable bonds is 6. The number of hydrogen-bond acceptors (Lipinski definition) is 5. The summed E-state index contributed by atoms with van der Waals surface area (Å²) in [5.41, 5.74) is 0.696. The van der Waals surface area contributed by atoms with E-state index in [0.717, 1.165) is 37.7 Å². The average molecular weight is 436 g/mol. The van der Waals surface area contributed by atoms with Crippen molar-refractivity contribution >= 4 is 46.5 Å². The van der Waals surface area contributed by atoms with Crippen LogP contribution >= 0.6 is 23.4 Å². The lowest BCUT2D eigenvalue weighted by Gasteiger charge is -2.24. The highest BCUT2D eigenvalue weighted by atomic mass is 35.5. The van der Waals surface area contributed by atoms with Crippen LogP contribution in [0.2, 0.25) is 5.02 Å². The summed E-state index contributed by atoms with van der Waals surface area (Å²) in [7, 11) is 0. The predicted octanol–water partition coefficient (Wildman–Crippen LogP) is 3.76. The summed E-state index contributed by atoms with van der Waals surface area (Å²) in [6, 6.07) is 7.16. The number of nitrogens with one attached hydrogen (secondary N) is 1. The lowest BCUT2D eigenvalue weighted by molar-refractivity contribution is -0.124. The Bertz CT molecular complexity index is 791. The standard InChI is InChI=1S/C21H26ClN3O3S/c22-17-9-5-4-8-16(17)14-18-20(27)25(21(28)29-18)13-10-23-19(26)15-24-11-6-2-1-3-7-12-24/h4-5,8-9,14H,1-3,6-7,10-13,15H2,(H,23,26). The van der Waals surface area contributed by atoms with Crippen LogP contribution < -0.4 is 5.32 Å². The molecule has 3 rings (SSSR count). The molecule has 0 saturated carbocycles. The summed E-state index contributed by atoms with van der Waals surface area (Å²) >= 11 is 7.02. The normalized spacial score (nSPS) is 20.0. The smallest absolute Gasteiger partial charge is 0.293 e. The van der Waals surface area contributed by atoms with Crippen molar-refractivity contribution in [1.29, 1.82) is 0 Å². The Labute approximate surface area is 180 Å². The molecule has 0 bridgehead atoms. The molecule has 0 spiro atoms. The summed E-state index contributed by atoms with van der Waals surface area (Å²) in [5, 5.41) is 3.03. The molecule has 2 aliphatic rings. The zero-order valence-electron chi connectivity index (χ0n) is 16.4. The van der Waals surface area contributed by atoms with Crippen molar-refractivity contribution in [1.82, 2.24) is 15.1 Å². The van der Waals surface area contributed by atoms with Crippen LogP contribution in [0.3, 0.4) is 0 Å². The Kier molecular flexibility index (Phi) is 8.15. The SMILES string of the molecule is O=C(CN1CCCCCCC1)NCCN1C(=O)SC(=Cc2ccccc2Cl)C1=O. The van der Waals surface area contributed by atoms with Gasteiger partial charge in [-0.3, -0.25) is 24.2 Å². The molecule has 0 unspecified atom stereocenters. The molecule has 2 aliphatic heterocycles. The lowest BCUT2D eigenvalue weighted by atomic mass is 10.1. The fourth-order valence-corrected chi connectivity index (χ4v) is 4.51. The second-order valence-electron chi connectivity index (χ2n) is 7.25.